The maximum Gasteiger partial charge on any atom is 0.0656 e. The van der Waals surface area contributed by atoms with E-state index in [2.05, 4.69) is 23.6 Å². The van der Waals surface area contributed by atoms with E-state index >= 15 is 0 Å². The van der Waals surface area contributed by atoms with Crippen LogP contribution in [0.2, 0.25) is 0 Å². The van der Waals surface area contributed by atoms with Gasteiger partial charge in [0.25, 0.3) is 0 Å². The van der Waals surface area contributed by atoms with Gasteiger partial charge in [-0.25, -0.2) is 0 Å². The van der Waals surface area contributed by atoms with Crippen LogP contribution in [0.4, 0.5) is 0 Å². The fraction of sp³-hybridized carbons (Fsp3) is 1.00. The Morgan fingerprint density at radius 2 is 2.18 bits per heavy atom. The third-order valence-corrected chi connectivity index (χ3v) is 4.53. The Hall–Kier alpha value is -0.160. The number of methoxy groups -OCH3 is 1. The molecule has 0 amide bonds. The minimum absolute atomic E-state index is 0.0111. The van der Waals surface area contributed by atoms with Gasteiger partial charge in [-0.15, -0.1) is 0 Å². The second kappa shape index (κ2) is 5.22. The normalized spacial score (nSPS) is 34.6. The summed E-state index contributed by atoms with van der Waals surface area (Å²) in [5, 5.41) is 0. The van der Waals surface area contributed by atoms with Crippen LogP contribution in [0.3, 0.4) is 0 Å². The molecule has 2 aliphatic rings. The van der Waals surface area contributed by atoms with Gasteiger partial charge in [0.15, 0.2) is 0 Å². The second-order valence-corrected chi connectivity index (χ2v) is 5.93. The lowest BCUT2D eigenvalue weighted by molar-refractivity contribution is -0.0450. The van der Waals surface area contributed by atoms with E-state index in [1.165, 1.54) is 25.9 Å². The molecular weight excluding hydrogens is 214 g/mol. The summed E-state index contributed by atoms with van der Waals surface area (Å²) in [6.07, 6.45) is 2.70. The van der Waals surface area contributed by atoms with Crippen LogP contribution in [0.25, 0.3) is 0 Å². The number of hydrogen-bond acceptors (Lipinski definition) is 4. The monoisotopic (exact) mass is 241 g/mol. The van der Waals surface area contributed by atoms with E-state index < -0.39 is 0 Å². The van der Waals surface area contributed by atoms with Crippen LogP contribution in [0.1, 0.15) is 26.7 Å². The van der Waals surface area contributed by atoms with Gasteiger partial charge < -0.3 is 10.5 Å². The molecule has 3 unspecified atom stereocenters. The molecule has 0 radical (unpaired) electrons. The first-order valence-corrected chi connectivity index (χ1v) is 6.80. The molecule has 2 saturated heterocycles. The fourth-order valence-corrected chi connectivity index (χ4v) is 3.51. The molecular formula is C13H27N3O. The van der Waals surface area contributed by atoms with Crippen LogP contribution in [-0.2, 0) is 4.74 Å². The maximum atomic E-state index is 5.99. The van der Waals surface area contributed by atoms with Gasteiger partial charge in [0.1, 0.15) is 0 Å². The molecule has 2 N–H and O–H groups in total. The van der Waals surface area contributed by atoms with E-state index in [1.807, 2.05) is 0 Å². The zero-order valence-corrected chi connectivity index (χ0v) is 11.5. The lowest BCUT2D eigenvalue weighted by Crippen LogP contribution is -2.65. The van der Waals surface area contributed by atoms with Crippen molar-refractivity contribution in [1.29, 1.82) is 0 Å². The van der Waals surface area contributed by atoms with E-state index in [4.69, 9.17) is 10.5 Å². The molecule has 4 nitrogen and oxygen atoms in total. The lowest BCUT2D eigenvalue weighted by Gasteiger charge is -2.50. The Labute approximate surface area is 105 Å². The predicted octanol–water partition coefficient (Wildman–Crippen LogP) is 0.519. The summed E-state index contributed by atoms with van der Waals surface area (Å²) in [6.45, 7) is 9.56. The molecule has 0 bridgehead atoms. The molecule has 0 saturated carbocycles. The van der Waals surface area contributed by atoms with E-state index in [1.54, 1.807) is 7.11 Å². The molecule has 17 heavy (non-hydrogen) atoms. The van der Waals surface area contributed by atoms with E-state index in [-0.39, 0.29) is 5.54 Å². The molecule has 0 aliphatic carbocycles. The summed E-state index contributed by atoms with van der Waals surface area (Å²) < 4.78 is 5.38. The van der Waals surface area contributed by atoms with Crippen molar-refractivity contribution in [2.24, 2.45) is 5.73 Å². The SMILES string of the molecule is COCC(C)(CN)N1CC2CCCN2CC1C. The van der Waals surface area contributed by atoms with Crippen molar-refractivity contribution in [3.63, 3.8) is 0 Å². The standard InChI is InChI=1S/C13H27N3O/c1-11-7-15-6-4-5-12(15)8-16(11)13(2,9-14)10-17-3/h11-12H,4-10,14H2,1-3H3. The Balaban J connectivity index is 2.08. The quantitative estimate of drug-likeness (QED) is 0.779. The highest BCUT2D eigenvalue weighted by Gasteiger charge is 2.41. The van der Waals surface area contributed by atoms with Gasteiger partial charge in [-0.1, -0.05) is 0 Å². The van der Waals surface area contributed by atoms with Crippen LogP contribution in [0, 0.1) is 0 Å². The number of piperazine rings is 1. The first kappa shape index (κ1) is 13.3. The molecule has 0 aromatic rings. The predicted molar refractivity (Wildman–Crippen MR) is 70.1 cm³/mol. The first-order chi connectivity index (χ1) is 8.10. The van der Waals surface area contributed by atoms with Crippen LogP contribution in [0.5, 0.6) is 0 Å². The summed E-state index contributed by atoms with van der Waals surface area (Å²) in [7, 11) is 1.77. The van der Waals surface area contributed by atoms with Gasteiger partial charge in [0, 0.05) is 38.8 Å². The zero-order valence-electron chi connectivity index (χ0n) is 11.5. The molecule has 100 valence electrons. The van der Waals surface area contributed by atoms with E-state index in [0.29, 0.717) is 12.6 Å². The third-order valence-electron chi connectivity index (χ3n) is 4.53. The molecule has 2 aliphatic heterocycles. The van der Waals surface area contributed by atoms with Crippen molar-refractivity contribution in [3.05, 3.63) is 0 Å². The van der Waals surface area contributed by atoms with Gasteiger partial charge in [-0.2, -0.15) is 0 Å². The average Bonchev–Trinajstić information content (AvgIpc) is 2.75. The fourth-order valence-electron chi connectivity index (χ4n) is 3.51. The largest absolute Gasteiger partial charge is 0.383 e. The van der Waals surface area contributed by atoms with Crippen molar-refractivity contribution < 1.29 is 4.74 Å². The van der Waals surface area contributed by atoms with Gasteiger partial charge >= 0.3 is 0 Å². The van der Waals surface area contributed by atoms with Crippen LogP contribution >= 0.6 is 0 Å². The summed E-state index contributed by atoms with van der Waals surface area (Å²) in [4.78, 5) is 5.22. The summed E-state index contributed by atoms with van der Waals surface area (Å²) in [5.74, 6) is 0. The molecule has 2 heterocycles. The van der Waals surface area contributed by atoms with Crippen molar-refractivity contribution in [2.75, 3.05) is 39.9 Å². The van der Waals surface area contributed by atoms with Crippen LogP contribution in [0.15, 0.2) is 0 Å². The number of fused-ring (bicyclic) bond motifs is 1. The van der Waals surface area contributed by atoms with E-state index in [9.17, 15) is 0 Å². The van der Waals surface area contributed by atoms with Crippen molar-refractivity contribution in [2.45, 2.75) is 44.3 Å². The maximum absolute atomic E-state index is 5.99. The lowest BCUT2D eigenvalue weighted by atomic mass is 9.95. The smallest absolute Gasteiger partial charge is 0.0656 e. The molecule has 2 rings (SSSR count). The molecule has 0 aromatic carbocycles. The summed E-state index contributed by atoms with van der Waals surface area (Å²) >= 11 is 0. The highest BCUT2D eigenvalue weighted by atomic mass is 16.5. The Kier molecular flexibility index (Phi) is 4.08. The zero-order chi connectivity index (χ0) is 12.5. The first-order valence-electron chi connectivity index (χ1n) is 6.80. The van der Waals surface area contributed by atoms with Gasteiger partial charge in [0.05, 0.1) is 12.1 Å². The highest BCUT2D eigenvalue weighted by Crippen LogP contribution is 2.29. The van der Waals surface area contributed by atoms with E-state index in [0.717, 1.165) is 19.2 Å². The molecule has 0 spiro atoms. The van der Waals surface area contributed by atoms with Gasteiger partial charge in [-0.3, -0.25) is 9.80 Å². The number of nitrogens with zero attached hydrogens (tertiary/aromatic N) is 2. The van der Waals surface area contributed by atoms with Crippen LogP contribution < -0.4 is 5.73 Å². The summed E-state index contributed by atoms with van der Waals surface area (Å²) in [6, 6.07) is 1.32. The molecule has 3 atom stereocenters. The second-order valence-electron chi connectivity index (χ2n) is 5.93. The average molecular weight is 241 g/mol. The third kappa shape index (κ3) is 2.50. The number of nitrogens with two attached hydrogens (primary N) is 1. The van der Waals surface area contributed by atoms with Gasteiger partial charge in [0.2, 0.25) is 0 Å². The van der Waals surface area contributed by atoms with Crippen molar-refractivity contribution >= 4 is 0 Å². The molecule has 0 aromatic heterocycles. The number of ether oxygens (including phenoxy) is 1. The van der Waals surface area contributed by atoms with Crippen molar-refractivity contribution in [1.82, 2.24) is 9.80 Å². The minimum Gasteiger partial charge on any atom is -0.383 e. The number of rotatable bonds is 4. The highest BCUT2D eigenvalue weighted by molar-refractivity contribution is 4.98. The van der Waals surface area contributed by atoms with Crippen LogP contribution in [-0.4, -0.2) is 67.3 Å². The Morgan fingerprint density at radius 1 is 1.41 bits per heavy atom. The summed E-state index contributed by atoms with van der Waals surface area (Å²) in [5.41, 5.74) is 5.98. The Morgan fingerprint density at radius 3 is 2.82 bits per heavy atom. The van der Waals surface area contributed by atoms with Gasteiger partial charge in [-0.05, 0) is 33.2 Å². The Bertz CT molecular complexity index is 261. The minimum atomic E-state index is -0.0111. The molecule has 4 heteroatoms. The number of hydrogen-bond donors (Lipinski definition) is 1. The van der Waals surface area contributed by atoms with Crippen molar-refractivity contribution in [3.8, 4) is 0 Å². The topological polar surface area (TPSA) is 41.7 Å². The molecule has 2 fully saturated rings.